The van der Waals surface area contributed by atoms with Gasteiger partial charge in [-0.3, -0.25) is 4.79 Å². The Hall–Kier alpha value is -1.60. The van der Waals surface area contributed by atoms with Gasteiger partial charge in [0.1, 0.15) is 11.3 Å². The zero-order valence-electron chi connectivity index (χ0n) is 12.7. The molecule has 0 radical (unpaired) electrons. The highest BCUT2D eigenvalue weighted by Gasteiger charge is 2.38. The van der Waals surface area contributed by atoms with Gasteiger partial charge in [-0.15, -0.1) is 0 Å². The summed E-state index contributed by atoms with van der Waals surface area (Å²) in [4.78, 5) is 11.9. The number of methoxy groups -OCH3 is 2. The smallest absolute Gasteiger partial charge is 0.326 e. The van der Waals surface area contributed by atoms with Crippen LogP contribution in [0, 0.1) is 0 Å². The molecule has 1 atom stereocenters. The summed E-state index contributed by atoms with van der Waals surface area (Å²) in [6.45, 7) is 3.38. The zero-order valence-corrected chi connectivity index (χ0v) is 13.5. The number of sulfonamides is 1. The van der Waals surface area contributed by atoms with E-state index in [1.165, 1.54) is 33.3 Å². The van der Waals surface area contributed by atoms with Gasteiger partial charge >= 0.3 is 5.97 Å². The number of hydrogen-bond acceptors (Lipinski definition) is 5. The Kier molecular flexibility index (Phi) is 5.74. The van der Waals surface area contributed by atoms with Crippen molar-refractivity contribution in [1.29, 1.82) is 0 Å². The summed E-state index contributed by atoms with van der Waals surface area (Å²) in [6.07, 6.45) is 0.967. The maximum atomic E-state index is 12.4. The topological polar surface area (TPSA) is 81.7 Å². The average Bonchev–Trinajstić information content (AvgIpc) is 2.46. The molecule has 118 valence electrons. The number of carbonyl (C=O) groups is 1. The molecule has 1 rings (SSSR count). The molecule has 1 aromatic carbocycles. The number of rotatable bonds is 7. The number of ether oxygens (including phenoxy) is 2. The summed E-state index contributed by atoms with van der Waals surface area (Å²) in [6, 6.07) is 6.05. The first-order chi connectivity index (χ1) is 9.79. The Labute approximate surface area is 125 Å². The molecule has 7 heteroatoms. The van der Waals surface area contributed by atoms with Gasteiger partial charge in [0.25, 0.3) is 0 Å². The van der Waals surface area contributed by atoms with Crippen LogP contribution in [0.3, 0.4) is 0 Å². The Balaban J connectivity index is 3.14. The highest BCUT2D eigenvalue weighted by atomic mass is 32.2. The molecule has 0 heterocycles. The van der Waals surface area contributed by atoms with Crippen LogP contribution in [0.1, 0.15) is 26.7 Å². The number of carbonyl (C=O) groups excluding carboxylic acids is 1. The normalized spacial score (nSPS) is 14.3. The fourth-order valence-corrected chi connectivity index (χ4v) is 3.47. The quantitative estimate of drug-likeness (QED) is 0.775. The summed E-state index contributed by atoms with van der Waals surface area (Å²) in [5, 5.41) is 0. The maximum absolute atomic E-state index is 12.4. The number of hydrogen-bond donors (Lipinski definition) is 1. The van der Waals surface area contributed by atoms with Crippen LogP contribution in [0.25, 0.3) is 0 Å². The molecule has 0 saturated carbocycles. The lowest BCUT2D eigenvalue weighted by atomic mass is 9.98. The van der Waals surface area contributed by atoms with E-state index in [1.54, 1.807) is 12.1 Å². The molecule has 0 bridgehead atoms. The lowest BCUT2D eigenvalue weighted by molar-refractivity contribution is -0.147. The Bertz CT molecular complexity index is 599. The monoisotopic (exact) mass is 315 g/mol. The molecule has 0 aliphatic heterocycles. The average molecular weight is 315 g/mol. The van der Waals surface area contributed by atoms with Crippen LogP contribution in [-0.2, 0) is 19.6 Å². The van der Waals surface area contributed by atoms with E-state index < -0.39 is 21.5 Å². The van der Waals surface area contributed by atoms with Crippen molar-refractivity contribution in [3.05, 3.63) is 24.3 Å². The molecule has 0 saturated heterocycles. The van der Waals surface area contributed by atoms with E-state index >= 15 is 0 Å². The summed E-state index contributed by atoms with van der Waals surface area (Å²) in [7, 11) is -1.17. The van der Waals surface area contributed by atoms with Gasteiger partial charge in [0.15, 0.2) is 0 Å². The lowest BCUT2D eigenvalue weighted by Crippen LogP contribution is -2.52. The van der Waals surface area contributed by atoms with Gasteiger partial charge in [-0.25, -0.2) is 8.42 Å². The summed E-state index contributed by atoms with van der Waals surface area (Å²) < 4.78 is 37.0. The van der Waals surface area contributed by atoms with Gasteiger partial charge in [0.05, 0.1) is 19.1 Å². The second-order valence-corrected chi connectivity index (χ2v) is 6.54. The molecule has 6 nitrogen and oxygen atoms in total. The van der Waals surface area contributed by atoms with E-state index in [0.29, 0.717) is 18.6 Å². The largest absolute Gasteiger partial charge is 0.497 e. The van der Waals surface area contributed by atoms with Gasteiger partial charge in [0.2, 0.25) is 10.0 Å². The number of nitrogens with one attached hydrogen (secondary N) is 1. The van der Waals surface area contributed by atoms with Gasteiger partial charge in [-0.05, 0) is 25.5 Å². The maximum Gasteiger partial charge on any atom is 0.326 e. The van der Waals surface area contributed by atoms with Crippen LogP contribution in [0.15, 0.2) is 29.2 Å². The minimum absolute atomic E-state index is 0.0353. The van der Waals surface area contributed by atoms with Gasteiger partial charge in [-0.2, -0.15) is 4.72 Å². The van der Waals surface area contributed by atoms with E-state index in [2.05, 4.69) is 4.72 Å². The first kappa shape index (κ1) is 17.5. The van der Waals surface area contributed by atoms with E-state index in [4.69, 9.17) is 9.47 Å². The second kappa shape index (κ2) is 6.91. The molecule has 1 N–H and O–H groups in total. The third-order valence-corrected chi connectivity index (χ3v) is 4.69. The van der Waals surface area contributed by atoms with Crippen molar-refractivity contribution in [3.63, 3.8) is 0 Å². The molecule has 0 amide bonds. The first-order valence-corrected chi connectivity index (χ1v) is 8.04. The van der Waals surface area contributed by atoms with E-state index in [0.717, 1.165) is 0 Å². The predicted octanol–water partition coefficient (Wildman–Crippen LogP) is 1.71. The van der Waals surface area contributed by atoms with Crippen LogP contribution in [-0.4, -0.2) is 34.1 Å². The first-order valence-electron chi connectivity index (χ1n) is 6.55. The fourth-order valence-electron chi connectivity index (χ4n) is 2.04. The fraction of sp³-hybridized carbons (Fsp3) is 0.500. The Morgan fingerprint density at radius 1 is 1.33 bits per heavy atom. The van der Waals surface area contributed by atoms with Gasteiger partial charge < -0.3 is 9.47 Å². The number of esters is 1. The summed E-state index contributed by atoms with van der Waals surface area (Å²) >= 11 is 0. The zero-order chi connectivity index (χ0) is 16.1. The van der Waals surface area contributed by atoms with Crippen molar-refractivity contribution in [2.75, 3.05) is 14.2 Å². The summed E-state index contributed by atoms with van der Waals surface area (Å²) in [5.41, 5.74) is -1.30. The van der Waals surface area contributed by atoms with Crippen LogP contribution >= 0.6 is 0 Å². The van der Waals surface area contributed by atoms with E-state index in [1.807, 2.05) is 6.92 Å². The van der Waals surface area contributed by atoms with Crippen LogP contribution in [0.2, 0.25) is 0 Å². The molecule has 21 heavy (non-hydrogen) atoms. The summed E-state index contributed by atoms with van der Waals surface area (Å²) in [5.74, 6) is -0.191. The van der Waals surface area contributed by atoms with Gasteiger partial charge in [-0.1, -0.05) is 19.4 Å². The molecule has 0 fully saturated rings. The van der Waals surface area contributed by atoms with Crippen LogP contribution in [0.4, 0.5) is 0 Å². The Morgan fingerprint density at radius 2 is 2.00 bits per heavy atom. The van der Waals surface area contributed by atoms with E-state index in [9.17, 15) is 13.2 Å². The van der Waals surface area contributed by atoms with Gasteiger partial charge in [0, 0.05) is 6.07 Å². The van der Waals surface area contributed by atoms with Crippen LogP contribution in [0.5, 0.6) is 5.75 Å². The SMILES string of the molecule is CCCC(C)(NS(=O)(=O)c1cccc(OC)c1)C(=O)OC. The molecule has 0 aromatic heterocycles. The molecule has 0 spiro atoms. The minimum Gasteiger partial charge on any atom is -0.497 e. The highest BCUT2D eigenvalue weighted by Crippen LogP contribution is 2.21. The molecular weight excluding hydrogens is 294 g/mol. The lowest BCUT2D eigenvalue weighted by Gasteiger charge is -2.27. The molecule has 1 unspecified atom stereocenters. The van der Waals surface area contributed by atoms with Crippen molar-refractivity contribution in [2.24, 2.45) is 0 Å². The molecule has 1 aromatic rings. The predicted molar refractivity (Wildman–Crippen MR) is 78.6 cm³/mol. The van der Waals surface area contributed by atoms with Crippen molar-refractivity contribution in [3.8, 4) is 5.75 Å². The van der Waals surface area contributed by atoms with E-state index in [-0.39, 0.29) is 4.90 Å². The standard InChI is InChI=1S/C14H21NO5S/c1-5-9-14(2,13(16)20-4)15-21(17,18)12-8-6-7-11(10-12)19-3/h6-8,10,15H,5,9H2,1-4H3. The van der Waals surface area contributed by atoms with Crippen LogP contribution < -0.4 is 9.46 Å². The minimum atomic E-state index is -3.86. The third kappa shape index (κ3) is 4.18. The van der Waals surface area contributed by atoms with Crippen molar-refractivity contribution in [2.45, 2.75) is 37.1 Å². The molecular formula is C14H21NO5S. The molecule has 0 aliphatic rings. The Morgan fingerprint density at radius 3 is 2.52 bits per heavy atom. The highest BCUT2D eigenvalue weighted by molar-refractivity contribution is 7.89. The number of benzene rings is 1. The van der Waals surface area contributed by atoms with Crippen molar-refractivity contribution in [1.82, 2.24) is 4.72 Å². The van der Waals surface area contributed by atoms with Crippen molar-refractivity contribution < 1.29 is 22.7 Å². The second-order valence-electron chi connectivity index (χ2n) is 4.86. The van der Waals surface area contributed by atoms with Crippen molar-refractivity contribution >= 4 is 16.0 Å². The molecule has 0 aliphatic carbocycles. The third-order valence-electron chi connectivity index (χ3n) is 3.10.